The molecule has 0 aliphatic carbocycles. The maximum absolute atomic E-state index is 14.6. The molecule has 0 bridgehead atoms. The van der Waals surface area contributed by atoms with Crippen molar-refractivity contribution in [1.82, 2.24) is 14.8 Å². The van der Waals surface area contributed by atoms with Crippen LogP contribution in [0.4, 0.5) is 14.5 Å². The van der Waals surface area contributed by atoms with Gasteiger partial charge in [0.2, 0.25) is 5.88 Å². The van der Waals surface area contributed by atoms with Crippen molar-refractivity contribution < 1.29 is 18.3 Å². The Morgan fingerprint density at radius 3 is 2.71 bits per heavy atom. The molecule has 3 saturated heterocycles. The van der Waals surface area contributed by atoms with E-state index in [1.54, 1.807) is 12.1 Å². The number of carbonyl (C=O) groups is 1. The van der Waals surface area contributed by atoms with Crippen LogP contribution in [0.2, 0.25) is 10.0 Å². The van der Waals surface area contributed by atoms with Gasteiger partial charge in [0.05, 0.1) is 28.3 Å². The molecule has 4 aromatic rings. The van der Waals surface area contributed by atoms with E-state index in [0.29, 0.717) is 64.2 Å². The Balaban J connectivity index is 1.38. The zero-order valence-electron chi connectivity index (χ0n) is 24.5. The average Bonchev–Trinajstić information content (AvgIpc) is 3.58. The number of nitriles is 1. The van der Waals surface area contributed by atoms with Gasteiger partial charge in [-0.2, -0.15) is 5.26 Å². The summed E-state index contributed by atoms with van der Waals surface area (Å²) in [6, 6.07) is 14.3. The number of ether oxygens (including phenoxy) is 1. The van der Waals surface area contributed by atoms with Crippen LogP contribution in [0.15, 0.2) is 54.9 Å². The second-order valence-corrected chi connectivity index (χ2v) is 12.7. The van der Waals surface area contributed by atoms with Crippen LogP contribution < -0.4 is 9.64 Å². The van der Waals surface area contributed by atoms with Crippen molar-refractivity contribution in [3.05, 3.63) is 76.3 Å². The second kappa shape index (κ2) is 11.4. The number of halogens is 4. The lowest BCUT2D eigenvalue weighted by molar-refractivity contribution is -0.130. The largest absolute Gasteiger partial charge is 0.475 e. The summed E-state index contributed by atoms with van der Waals surface area (Å²) in [6.07, 6.45) is 2.66. The molecule has 0 unspecified atom stereocenters. The standard InChI is InChI=1S/C34H29Cl2F2N5O2/c1-18(37)34(44)42-12-10-28-29(42)16-43(28)32-23-13-25(35)22(21-7-3-5-19-8-9-26(38)31(36)30(19)21)14-27(23)40-33(24(32)15-39)45-17-20-6-4-11-41(20)2/h3,5,7-9,13-14,20,28-29H,1,4,6,10-12,16-17H2,2H3/t20-,28+,29+/m0/s1. The van der Waals surface area contributed by atoms with Gasteiger partial charge in [0.1, 0.15) is 24.1 Å². The fourth-order valence-corrected chi connectivity index (χ4v) is 7.68. The van der Waals surface area contributed by atoms with Crippen molar-refractivity contribution >= 4 is 56.5 Å². The minimum Gasteiger partial charge on any atom is -0.475 e. The van der Waals surface area contributed by atoms with Gasteiger partial charge in [-0.05, 0) is 62.0 Å². The lowest BCUT2D eigenvalue weighted by Gasteiger charge is -2.48. The van der Waals surface area contributed by atoms with Crippen LogP contribution in [0, 0.1) is 17.1 Å². The van der Waals surface area contributed by atoms with Crippen LogP contribution in [0.5, 0.6) is 5.88 Å². The SMILES string of the molecule is C=C(F)C(=O)N1CC[C@@H]2[C@H]1CN2c1c(C#N)c(OC[C@@H]2CCCN2C)nc2cc(-c3cccc4ccc(F)c(Cl)c34)c(Cl)cc12. The molecular weight excluding hydrogens is 619 g/mol. The first-order valence-electron chi connectivity index (χ1n) is 14.9. The first-order chi connectivity index (χ1) is 21.7. The second-order valence-electron chi connectivity index (χ2n) is 11.9. The Bertz CT molecular complexity index is 1950. The first kappa shape index (κ1) is 29.7. The van der Waals surface area contributed by atoms with Crippen LogP contribution in [0.3, 0.4) is 0 Å². The molecule has 0 saturated carbocycles. The Morgan fingerprint density at radius 1 is 1.16 bits per heavy atom. The normalized spacial score (nSPS) is 21.2. The topological polar surface area (TPSA) is 72.7 Å². The predicted molar refractivity (Wildman–Crippen MR) is 172 cm³/mol. The van der Waals surface area contributed by atoms with Gasteiger partial charge in [-0.3, -0.25) is 4.79 Å². The fourth-order valence-electron chi connectivity index (χ4n) is 7.14. The molecule has 7 nitrogen and oxygen atoms in total. The Kier molecular flexibility index (Phi) is 7.55. The van der Waals surface area contributed by atoms with Crippen molar-refractivity contribution in [3.63, 3.8) is 0 Å². The van der Waals surface area contributed by atoms with Crippen molar-refractivity contribution in [3.8, 4) is 23.1 Å². The number of aromatic nitrogens is 1. The van der Waals surface area contributed by atoms with E-state index in [-0.39, 0.29) is 34.6 Å². The maximum Gasteiger partial charge on any atom is 0.282 e. The third kappa shape index (κ3) is 4.87. The number of fused-ring (bicyclic) bond motifs is 3. The summed E-state index contributed by atoms with van der Waals surface area (Å²) >= 11 is 13.4. The molecule has 3 atom stereocenters. The lowest BCUT2D eigenvalue weighted by Crippen LogP contribution is -2.63. The summed E-state index contributed by atoms with van der Waals surface area (Å²) in [6.45, 7) is 5.32. The lowest BCUT2D eigenvalue weighted by atomic mass is 9.92. The smallest absolute Gasteiger partial charge is 0.282 e. The zero-order chi connectivity index (χ0) is 31.6. The number of benzene rings is 3. The monoisotopic (exact) mass is 647 g/mol. The molecule has 7 rings (SSSR count). The molecule has 230 valence electrons. The van der Waals surface area contributed by atoms with E-state index in [2.05, 4.69) is 29.5 Å². The van der Waals surface area contributed by atoms with Crippen LogP contribution >= 0.6 is 23.2 Å². The van der Waals surface area contributed by atoms with Crippen molar-refractivity contribution in [2.24, 2.45) is 0 Å². The number of nitrogens with zero attached hydrogens (tertiary/aromatic N) is 5. The van der Waals surface area contributed by atoms with Gasteiger partial charge < -0.3 is 19.4 Å². The molecule has 45 heavy (non-hydrogen) atoms. The van der Waals surface area contributed by atoms with Gasteiger partial charge in [0, 0.05) is 40.5 Å². The van der Waals surface area contributed by atoms with Gasteiger partial charge >= 0.3 is 0 Å². The Hall–Kier alpha value is -3.97. The highest BCUT2D eigenvalue weighted by Gasteiger charge is 2.50. The van der Waals surface area contributed by atoms with Gasteiger partial charge in [-0.1, -0.05) is 54.0 Å². The number of carbonyl (C=O) groups excluding carboxylic acids is 1. The maximum atomic E-state index is 14.6. The Morgan fingerprint density at radius 2 is 1.98 bits per heavy atom. The van der Waals surface area contributed by atoms with E-state index in [4.69, 9.17) is 32.9 Å². The molecule has 3 fully saturated rings. The van der Waals surface area contributed by atoms with E-state index < -0.39 is 17.6 Å². The van der Waals surface area contributed by atoms with E-state index in [0.717, 1.165) is 24.8 Å². The van der Waals surface area contributed by atoms with Gasteiger partial charge in [-0.25, -0.2) is 13.8 Å². The molecule has 3 aliphatic heterocycles. The number of rotatable bonds is 6. The fraction of sp³-hybridized carbons (Fsp3) is 0.324. The third-order valence-corrected chi connectivity index (χ3v) is 10.2. The molecule has 0 N–H and O–H groups in total. The quantitative estimate of drug-likeness (QED) is 0.208. The summed E-state index contributed by atoms with van der Waals surface area (Å²) in [7, 11) is 2.05. The van der Waals surface area contributed by atoms with Crippen LogP contribution in [-0.2, 0) is 4.79 Å². The molecule has 11 heteroatoms. The molecule has 0 spiro atoms. The van der Waals surface area contributed by atoms with E-state index in [1.807, 2.05) is 24.3 Å². The number of amides is 1. The average molecular weight is 649 g/mol. The van der Waals surface area contributed by atoms with Crippen LogP contribution in [0.1, 0.15) is 24.8 Å². The van der Waals surface area contributed by atoms with Gasteiger partial charge in [-0.15, -0.1) is 0 Å². The highest BCUT2D eigenvalue weighted by molar-refractivity contribution is 6.38. The molecule has 1 amide bonds. The number of hydrogen-bond acceptors (Lipinski definition) is 6. The minimum absolute atomic E-state index is 0.000336. The van der Waals surface area contributed by atoms with Crippen LogP contribution in [-0.4, -0.2) is 72.1 Å². The van der Waals surface area contributed by atoms with E-state index >= 15 is 0 Å². The zero-order valence-corrected chi connectivity index (χ0v) is 26.0. The molecule has 3 aliphatic rings. The summed E-state index contributed by atoms with van der Waals surface area (Å²) in [5, 5.41) is 12.8. The molecule has 3 aromatic carbocycles. The summed E-state index contributed by atoms with van der Waals surface area (Å²) in [5.74, 6) is -2.01. The van der Waals surface area contributed by atoms with Crippen molar-refractivity contribution in [2.45, 2.75) is 37.4 Å². The number of pyridine rings is 1. The molecule has 4 heterocycles. The first-order valence-corrected chi connectivity index (χ1v) is 15.6. The van der Waals surface area contributed by atoms with E-state index in [9.17, 15) is 18.8 Å². The van der Waals surface area contributed by atoms with E-state index in [1.165, 1.54) is 11.0 Å². The summed E-state index contributed by atoms with van der Waals surface area (Å²) in [4.78, 5) is 23.1. The summed E-state index contributed by atoms with van der Waals surface area (Å²) < 4.78 is 34.7. The number of anilines is 1. The summed E-state index contributed by atoms with van der Waals surface area (Å²) in [5.41, 5.74) is 2.68. The predicted octanol–water partition coefficient (Wildman–Crippen LogP) is 7.12. The Labute approximate surface area is 269 Å². The number of likely N-dealkylation sites (tertiary alicyclic amines) is 2. The van der Waals surface area contributed by atoms with Crippen molar-refractivity contribution in [1.29, 1.82) is 5.26 Å². The van der Waals surface area contributed by atoms with Gasteiger partial charge in [0.15, 0.2) is 5.83 Å². The highest BCUT2D eigenvalue weighted by Crippen LogP contribution is 2.47. The molecule has 1 aromatic heterocycles. The number of likely N-dealkylation sites (N-methyl/N-ethyl adjacent to an activating group) is 1. The third-order valence-electron chi connectivity index (χ3n) is 9.51. The minimum atomic E-state index is -0.985. The number of hydrogen-bond donors (Lipinski definition) is 0. The van der Waals surface area contributed by atoms with Crippen LogP contribution in [0.25, 0.3) is 32.8 Å². The van der Waals surface area contributed by atoms with Crippen molar-refractivity contribution in [2.75, 3.05) is 38.2 Å². The molecular formula is C34H29Cl2F2N5O2. The van der Waals surface area contributed by atoms with Gasteiger partial charge in [0.25, 0.3) is 5.91 Å². The highest BCUT2D eigenvalue weighted by atomic mass is 35.5. The molecule has 0 radical (unpaired) electrons.